The average molecular weight is 307 g/mol. The van der Waals surface area contributed by atoms with Crippen molar-refractivity contribution in [3.63, 3.8) is 0 Å². The summed E-state index contributed by atoms with van der Waals surface area (Å²) in [4.78, 5) is 0. The lowest BCUT2D eigenvalue weighted by molar-refractivity contribution is 0.548. The predicted molar refractivity (Wildman–Crippen MR) is 67.3 cm³/mol. The summed E-state index contributed by atoms with van der Waals surface area (Å²) >= 11 is 7.23. The lowest BCUT2D eigenvalue weighted by atomic mass is 10.3. The molecular formula is C8H10IN3S. The Morgan fingerprint density at radius 1 is 1.46 bits per heavy atom. The average Bonchev–Trinajstić information content (AvgIpc) is 2.08. The molecule has 0 atom stereocenters. The van der Waals surface area contributed by atoms with E-state index in [2.05, 4.69) is 27.9 Å². The van der Waals surface area contributed by atoms with Gasteiger partial charge in [0.15, 0.2) is 5.11 Å². The van der Waals surface area contributed by atoms with Crippen molar-refractivity contribution in [1.82, 2.24) is 5.01 Å². The van der Waals surface area contributed by atoms with Crippen LogP contribution in [0.25, 0.3) is 0 Å². The third kappa shape index (κ3) is 3.45. The molecule has 0 saturated heterocycles. The zero-order valence-electron chi connectivity index (χ0n) is 7.12. The molecule has 0 aliphatic rings. The minimum Gasteiger partial charge on any atom is -0.332 e. The summed E-state index contributed by atoms with van der Waals surface area (Å²) in [6.07, 6.45) is 0. The maximum atomic E-state index is 5.44. The third-order valence-electron chi connectivity index (χ3n) is 1.42. The molecule has 5 heteroatoms. The van der Waals surface area contributed by atoms with Crippen molar-refractivity contribution in [3.8, 4) is 0 Å². The summed E-state index contributed by atoms with van der Waals surface area (Å²) < 4.78 is 1.19. The highest BCUT2D eigenvalue weighted by molar-refractivity contribution is 14.1. The molecule has 0 bridgehead atoms. The van der Waals surface area contributed by atoms with Crippen LogP contribution in [0.4, 0.5) is 5.69 Å². The molecule has 0 spiro atoms. The van der Waals surface area contributed by atoms with Gasteiger partial charge in [-0.15, -0.1) is 0 Å². The molecule has 1 aromatic carbocycles. The standard InChI is InChI=1S/C8H10IN3S/c1-12(10)8(13)11-7-4-2-6(9)3-5-7/h2-5H,10H2,1H3,(H,11,13). The van der Waals surface area contributed by atoms with Crippen molar-refractivity contribution in [2.45, 2.75) is 0 Å². The van der Waals surface area contributed by atoms with Crippen LogP contribution in [-0.4, -0.2) is 17.2 Å². The molecule has 0 heterocycles. The highest BCUT2D eigenvalue weighted by atomic mass is 127. The summed E-state index contributed by atoms with van der Waals surface area (Å²) in [5.41, 5.74) is 0.947. The summed E-state index contributed by atoms with van der Waals surface area (Å²) in [7, 11) is 1.70. The van der Waals surface area contributed by atoms with Gasteiger partial charge in [0.1, 0.15) is 0 Å². The quantitative estimate of drug-likeness (QED) is 0.359. The zero-order chi connectivity index (χ0) is 9.84. The van der Waals surface area contributed by atoms with E-state index < -0.39 is 0 Å². The molecule has 0 fully saturated rings. The molecule has 13 heavy (non-hydrogen) atoms. The molecule has 0 amide bonds. The van der Waals surface area contributed by atoms with Gasteiger partial charge in [-0.3, -0.25) is 5.01 Å². The first-order valence-corrected chi connectivity index (χ1v) is 5.13. The smallest absolute Gasteiger partial charge is 0.187 e. The van der Waals surface area contributed by atoms with E-state index in [1.54, 1.807) is 7.05 Å². The minimum absolute atomic E-state index is 0.501. The minimum atomic E-state index is 0.501. The fraction of sp³-hybridized carbons (Fsp3) is 0.125. The third-order valence-corrected chi connectivity index (χ3v) is 2.53. The Morgan fingerprint density at radius 3 is 2.46 bits per heavy atom. The van der Waals surface area contributed by atoms with Crippen molar-refractivity contribution in [1.29, 1.82) is 0 Å². The van der Waals surface area contributed by atoms with Crippen LogP contribution in [0.5, 0.6) is 0 Å². The first-order chi connectivity index (χ1) is 6.09. The van der Waals surface area contributed by atoms with Gasteiger partial charge in [-0.2, -0.15) is 0 Å². The van der Waals surface area contributed by atoms with E-state index in [1.165, 1.54) is 8.58 Å². The van der Waals surface area contributed by atoms with Crippen LogP contribution in [0, 0.1) is 3.57 Å². The summed E-state index contributed by atoms with van der Waals surface area (Å²) in [6, 6.07) is 7.92. The van der Waals surface area contributed by atoms with Gasteiger partial charge in [0.05, 0.1) is 0 Å². The fourth-order valence-electron chi connectivity index (χ4n) is 0.745. The van der Waals surface area contributed by atoms with E-state index in [4.69, 9.17) is 18.1 Å². The number of nitrogens with two attached hydrogens (primary N) is 1. The van der Waals surface area contributed by atoms with Crippen LogP contribution in [0.15, 0.2) is 24.3 Å². The lowest BCUT2D eigenvalue weighted by Crippen LogP contribution is -2.36. The molecule has 70 valence electrons. The van der Waals surface area contributed by atoms with Gasteiger partial charge in [-0.1, -0.05) is 0 Å². The van der Waals surface area contributed by atoms with Crippen LogP contribution >= 0.6 is 34.8 Å². The molecular weight excluding hydrogens is 297 g/mol. The Bertz CT molecular complexity index is 297. The molecule has 0 unspecified atom stereocenters. The van der Waals surface area contributed by atoms with Gasteiger partial charge >= 0.3 is 0 Å². The Labute approximate surface area is 96.4 Å². The molecule has 1 aromatic rings. The highest BCUT2D eigenvalue weighted by Gasteiger charge is 1.98. The number of nitrogens with zero attached hydrogens (tertiary/aromatic N) is 1. The largest absolute Gasteiger partial charge is 0.332 e. The number of halogens is 1. The van der Waals surface area contributed by atoms with Crippen LogP contribution in [0.1, 0.15) is 0 Å². The number of hydrogen-bond acceptors (Lipinski definition) is 2. The number of hydrogen-bond donors (Lipinski definition) is 2. The molecule has 0 aliphatic heterocycles. The van der Waals surface area contributed by atoms with Crippen molar-refractivity contribution < 1.29 is 0 Å². The molecule has 0 saturated carbocycles. The maximum Gasteiger partial charge on any atom is 0.187 e. The number of nitrogens with one attached hydrogen (secondary N) is 1. The first kappa shape index (κ1) is 10.7. The predicted octanol–water partition coefficient (Wildman–Crippen LogP) is 1.79. The topological polar surface area (TPSA) is 41.3 Å². The van der Waals surface area contributed by atoms with Crippen molar-refractivity contribution in [2.24, 2.45) is 5.84 Å². The van der Waals surface area contributed by atoms with Gasteiger partial charge in [-0.25, -0.2) is 5.84 Å². The Hall–Kier alpha value is -0.400. The van der Waals surface area contributed by atoms with Crippen molar-refractivity contribution in [3.05, 3.63) is 27.8 Å². The van der Waals surface area contributed by atoms with Crippen LogP contribution in [0.3, 0.4) is 0 Å². The Balaban J connectivity index is 2.65. The van der Waals surface area contributed by atoms with Crippen LogP contribution in [-0.2, 0) is 0 Å². The molecule has 0 aromatic heterocycles. The molecule has 3 N–H and O–H groups in total. The molecule has 3 nitrogen and oxygen atoms in total. The number of benzene rings is 1. The normalized spacial score (nSPS) is 9.46. The van der Waals surface area contributed by atoms with Crippen molar-refractivity contribution >= 4 is 45.6 Å². The SMILES string of the molecule is CN(N)C(=S)Nc1ccc(I)cc1. The van der Waals surface area contributed by atoms with Crippen LogP contribution < -0.4 is 11.2 Å². The molecule has 0 radical (unpaired) electrons. The monoisotopic (exact) mass is 307 g/mol. The van der Waals surface area contributed by atoms with E-state index in [-0.39, 0.29) is 0 Å². The van der Waals surface area contributed by atoms with E-state index in [9.17, 15) is 0 Å². The number of anilines is 1. The van der Waals surface area contributed by atoms with E-state index in [1.807, 2.05) is 24.3 Å². The van der Waals surface area contributed by atoms with Gasteiger partial charge in [0.25, 0.3) is 0 Å². The lowest BCUT2D eigenvalue weighted by Gasteiger charge is -2.14. The number of rotatable bonds is 1. The highest BCUT2D eigenvalue weighted by Crippen LogP contribution is 2.11. The zero-order valence-corrected chi connectivity index (χ0v) is 10.1. The van der Waals surface area contributed by atoms with Gasteiger partial charge in [0, 0.05) is 16.3 Å². The molecule has 0 aliphatic carbocycles. The number of thiocarbonyl (C=S) groups is 1. The second-order valence-corrected chi connectivity index (χ2v) is 4.18. The van der Waals surface area contributed by atoms with Crippen LogP contribution in [0.2, 0.25) is 0 Å². The summed E-state index contributed by atoms with van der Waals surface area (Å²) in [6.45, 7) is 0. The Kier molecular flexibility index (Phi) is 3.89. The summed E-state index contributed by atoms with van der Waals surface area (Å²) in [5, 5.41) is 4.87. The van der Waals surface area contributed by atoms with Crippen molar-refractivity contribution in [2.75, 3.05) is 12.4 Å². The molecule has 1 rings (SSSR count). The van der Waals surface area contributed by atoms with E-state index >= 15 is 0 Å². The summed E-state index contributed by atoms with van der Waals surface area (Å²) in [5.74, 6) is 5.44. The maximum absolute atomic E-state index is 5.44. The second-order valence-electron chi connectivity index (χ2n) is 2.55. The number of hydrazine groups is 1. The Morgan fingerprint density at radius 2 is 2.00 bits per heavy atom. The fourth-order valence-corrected chi connectivity index (χ4v) is 1.22. The first-order valence-electron chi connectivity index (χ1n) is 3.64. The second kappa shape index (κ2) is 4.73. The van der Waals surface area contributed by atoms with Gasteiger partial charge in [0.2, 0.25) is 0 Å². The van der Waals surface area contributed by atoms with E-state index in [0.29, 0.717) is 5.11 Å². The van der Waals surface area contributed by atoms with E-state index in [0.717, 1.165) is 5.69 Å². The van der Waals surface area contributed by atoms with Gasteiger partial charge in [-0.05, 0) is 59.1 Å². The van der Waals surface area contributed by atoms with Gasteiger partial charge < -0.3 is 5.32 Å².